The van der Waals surface area contributed by atoms with Crippen LogP contribution in [0.15, 0.2) is 0 Å². The predicted molar refractivity (Wildman–Crippen MR) is 76.4 cm³/mol. The van der Waals surface area contributed by atoms with Gasteiger partial charge in [-0.2, -0.15) is 0 Å². The highest BCUT2D eigenvalue weighted by Crippen LogP contribution is 2.16. The molecule has 0 spiro atoms. The number of carbonyl (C=O) groups excluding carboxylic acids is 1. The van der Waals surface area contributed by atoms with Crippen LogP contribution in [0.1, 0.15) is 53.9 Å². The monoisotopic (exact) mass is 264 g/mol. The van der Waals surface area contributed by atoms with Gasteiger partial charge >= 0.3 is 0 Å². The molecule has 0 aliphatic carbocycles. The minimum absolute atomic E-state index is 0. The number of hydrogen-bond donors (Lipinski definition) is 2. The lowest BCUT2D eigenvalue weighted by Gasteiger charge is -2.32. The van der Waals surface area contributed by atoms with E-state index in [1.54, 1.807) is 0 Å². The number of nitrogens with two attached hydrogens (primary N) is 1. The standard InChI is InChI=1S/C13H28N2O.ClH/c1-6-7-11(4)12(16)15-13(5,9-14)8-10(2)3;/h10-11H,6-9,14H2,1-5H3,(H,15,16);1H. The van der Waals surface area contributed by atoms with E-state index in [1.807, 2.05) is 13.8 Å². The fourth-order valence-corrected chi connectivity index (χ4v) is 2.07. The van der Waals surface area contributed by atoms with Crippen LogP contribution >= 0.6 is 12.4 Å². The van der Waals surface area contributed by atoms with Crippen LogP contribution in [0, 0.1) is 11.8 Å². The largest absolute Gasteiger partial charge is 0.349 e. The molecule has 0 aliphatic rings. The molecule has 0 rings (SSSR count). The average Bonchev–Trinajstić information content (AvgIpc) is 2.16. The number of amides is 1. The molecule has 0 saturated heterocycles. The summed E-state index contributed by atoms with van der Waals surface area (Å²) in [5.74, 6) is 0.758. The van der Waals surface area contributed by atoms with Gasteiger partial charge in [0.05, 0.1) is 0 Å². The van der Waals surface area contributed by atoms with E-state index in [4.69, 9.17) is 5.73 Å². The highest BCUT2D eigenvalue weighted by molar-refractivity contribution is 5.85. The SMILES string of the molecule is CCCC(C)C(=O)NC(C)(CN)CC(C)C.Cl. The molecule has 2 unspecified atom stereocenters. The molecule has 0 fully saturated rings. The van der Waals surface area contributed by atoms with Crippen molar-refractivity contribution in [2.75, 3.05) is 6.54 Å². The fourth-order valence-electron chi connectivity index (χ4n) is 2.07. The quantitative estimate of drug-likeness (QED) is 0.743. The van der Waals surface area contributed by atoms with E-state index < -0.39 is 0 Å². The van der Waals surface area contributed by atoms with Crippen molar-refractivity contribution in [2.45, 2.75) is 59.4 Å². The molecule has 3 nitrogen and oxygen atoms in total. The second kappa shape index (κ2) is 8.76. The van der Waals surface area contributed by atoms with Gasteiger partial charge in [-0.25, -0.2) is 0 Å². The molecule has 0 aromatic carbocycles. The van der Waals surface area contributed by atoms with Crippen molar-refractivity contribution >= 4 is 18.3 Å². The Hall–Kier alpha value is -0.280. The minimum atomic E-state index is -0.257. The first-order chi connectivity index (χ1) is 7.34. The van der Waals surface area contributed by atoms with Crippen LogP contribution in [0.25, 0.3) is 0 Å². The molecular weight excluding hydrogens is 236 g/mol. The summed E-state index contributed by atoms with van der Waals surface area (Å²) in [7, 11) is 0. The second-order valence-corrected chi connectivity index (χ2v) is 5.54. The summed E-state index contributed by atoms with van der Waals surface area (Å²) >= 11 is 0. The maximum absolute atomic E-state index is 11.9. The Kier molecular flexibility index (Phi) is 9.82. The van der Waals surface area contributed by atoms with E-state index in [2.05, 4.69) is 26.1 Å². The summed E-state index contributed by atoms with van der Waals surface area (Å²) in [5, 5.41) is 3.10. The van der Waals surface area contributed by atoms with Crippen LogP contribution in [0.5, 0.6) is 0 Å². The predicted octanol–water partition coefficient (Wildman–Crippen LogP) is 2.72. The van der Waals surface area contributed by atoms with Crippen molar-refractivity contribution in [3.05, 3.63) is 0 Å². The molecule has 0 bridgehead atoms. The van der Waals surface area contributed by atoms with Crippen molar-refractivity contribution in [3.8, 4) is 0 Å². The highest BCUT2D eigenvalue weighted by Gasteiger charge is 2.27. The van der Waals surface area contributed by atoms with Gasteiger partial charge in [-0.1, -0.05) is 34.1 Å². The molecule has 3 N–H and O–H groups in total. The summed E-state index contributed by atoms with van der Waals surface area (Å²) in [4.78, 5) is 11.9. The highest BCUT2D eigenvalue weighted by atomic mass is 35.5. The van der Waals surface area contributed by atoms with E-state index >= 15 is 0 Å². The van der Waals surface area contributed by atoms with Gasteiger partial charge in [0, 0.05) is 18.0 Å². The summed E-state index contributed by atoms with van der Waals surface area (Å²) in [6.45, 7) is 10.9. The molecule has 0 aliphatic heterocycles. The fraction of sp³-hybridized carbons (Fsp3) is 0.923. The first-order valence-electron chi connectivity index (χ1n) is 6.36. The maximum Gasteiger partial charge on any atom is 0.223 e. The Bertz CT molecular complexity index is 221. The normalized spacial score (nSPS) is 15.9. The number of carbonyl (C=O) groups is 1. The summed E-state index contributed by atoms with van der Waals surface area (Å²) in [6, 6.07) is 0. The average molecular weight is 265 g/mol. The molecule has 0 aromatic rings. The zero-order valence-electron chi connectivity index (χ0n) is 11.9. The minimum Gasteiger partial charge on any atom is -0.349 e. The zero-order valence-corrected chi connectivity index (χ0v) is 12.7. The second-order valence-electron chi connectivity index (χ2n) is 5.54. The van der Waals surface area contributed by atoms with Gasteiger partial charge in [0.1, 0.15) is 0 Å². The van der Waals surface area contributed by atoms with Crippen LogP contribution in [-0.2, 0) is 4.79 Å². The van der Waals surface area contributed by atoms with Gasteiger partial charge in [0.25, 0.3) is 0 Å². The molecule has 4 heteroatoms. The molecule has 0 heterocycles. The van der Waals surface area contributed by atoms with Crippen LogP contribution in [0.2, 0.25) is 0 Å². The van der Waals surface area contributed by atoms with E-state index in [0.717, 1.165) is 19.3 Å². The van der Waals surface area contributed by atoms with E-state index in [1.165, 1.54) is 0 Å². The number of halogens is 1. The number of rotatable bonds is 7. The van der Waals surface area contributed by atoms with Crippen molar-refractivity contribution in [1.29, 1.82) is 0 Å². The van der Waals surface area contributed by atoms with Crippen molar-refractivity contribution in [1.82, 2.24) is 5.32 Å². The van der Waals surface area contributed by atoms with E-state index in [0.29, 0.717) is 12.5 Å². The summed E-state index contributed by atoms with van der Waals surface area (Å²) in [5.41, 5.74) is 5.51. The van der Waals surface area contributed by atoms with Gasteiger partial charge in [-0.3, -0.25) is 4.79 Å². The Morgan fingerprint density at radius 2 is 1.88 bits per heavy atom. The lowest BCUT2D eigenvalue weighted by atomic mass is 9.90. The third kappa shape index (κ3) is 7.61. The van der Waals surface area contributed by atoms with Crippen LogP contribution in [0.4, 0.5) is 0 Å². The van der Waals surface area contributed by atoms with Crippen molar-refractivity contribution < 1.29 is 4.79 Å². The molecule has 2 atom stereocenters. The smallest absolute Gasteiger partial charge is 0.223 e. The maximum atomic E-state index is 11.9. The van der Waals surface area contributed by atoms with Crippen molar-refractivity contribution in [2.24, 2.45) is 17.6 Å². The Morgan fingerprint density at radius 3 is 2.24 bits per heavy atom. The van der Waals surface area contributed by atoms with E-state index in [9.17, 15) is 4.79 Å². The lowest BCUT2D eigenvalue weighted by Crippen LogP contribution is -2.53. The third-order valence-electron chi connectivity index (χ3n) is 2.90. The molecule has 0 radical (unpaired) electrons. The number of hydrogen-bond acceptors (Lipinski definition) is 2. The molecule has 0 saturated carbocycles. The molecule has 104 valence electrons. The Balaban J connectivity index is 0. The first kappa shape index (κ1) is 19.1. The lowest BCUT2D eigenvalue weighted by molar-refractivity contribution is -0.126. The summed E-state index contributed by atoms with van der Waals surface area (Å²) in [6.07, 6.45) is 2.90. The molecule has 1 amide bonds. The van der Waals surface area contributed by atoms with Crippen LogP contribution in [-0.4, -0.2) is 18.0 Å². The first-order valence-corrected chi connectivity index (χ1v) is 6.36. The Labute approximate surface area is 112 Å². The van der Waals surface area contributed by atoms with Crippen molar-refractivity contribution in [3.63, 3.8) is 0 Å². The van der Waals surface area contributed by atoms with Gasteiger partial charge < -0.3 is 11.1 Å². The molecular formula is C13H29ClN2O. The molecule has 17 heavy (non-hydrogen) atoms. The van der Waals surface area contributed by atoms with Gasteiger partial charge in [0.2, 0.25) is 5.91 Å². The Morgan fingerprint density at radius 1 is 1.35 bits per heavy atom. The zero-order chi connectivity index (χ0) is 12.8. The van der Waals surface area contributed by atoms with Gasteiger partial charge in [0.15, 0.2) is 0 Å². The van der Waals surface area contributed by atoms with Crippen LogP contribution < -0.4 is 11.1 Å². The van der Waals surface area contributed by atoms with Gasteiger partial charge in [-0.05, 0) is 25.7 Å². The van der Waals surface area contributed by atoms with E-state index in [-0.39, 0.29) is 29.8 Å². The van der Waals surface area contributed by atoms with Crippen LogP contribution in [0.3, 0.4) is 0 Å². The summed E-state index contributed by atoms with van der Waals surface area (Å²) < 4.78 is 0. The third-order valence-corrected chi connectivity index (χ3v) is 2.90. The van der Waals surface area contributed by atoms with Gasteiger partial charge in [-0.15, -0.1) is 12.4 Å². The number of nitrogens with one attached hydrogen (secondary N) is 1. The molecule has 0 aromatic heterocycles. The topological polar surface area (TPSA) is 55.1 Å².